The van der Waals surface area contributed by atoms with Crippen LogP contribution in [-0.2, 0) is 19.2 Å². The summed E-state index contributed by atoms with van der Waals surface area (Å²) in [6.45, 7) is 0. The highest BCUT2D eigenvalue weighted by atomic mass is 35.5. The second-order valence-corrected chi connectivity index (χ2v) is 10.3. The Morgan fingerprint density at radius 1 is 1.06 bits per heavy atom. The molecule has 2 aliphatic heterocycles. The highest BCUT2D eigenvalue weighted by Gasteiger charge is 2.76. The molecule has 0 radical (unpaired) electrons. The highest BCUT2D eigenvalue weighted by Crippen LogP contribution is 2.65. The molecule has 11 heteroatoms. The summed E-state index contributed by atoms with van der Waals surface area (Å²) in [4.78, 5) is 48.6. The zero-order chi connectivity index (χ0) is 23.3. The van der Waals surface area contributed by atoms with E-state index < -0.39 is 57.0 Å². The number of alkyl halides is 2. The van der Waals surface area contributed by atoms with Gasteiger partial charge in [0.2, 0.25) is 0 Å². The number of imide groups is 2. The summed E-state index contributed by atoms with van der Waals surface area (Å²) in [7, 11) is 1.29. The Bertz CT molecular complexity index is 1150. The molecular weight excluding hydrogens is 483 g/mol. The van der Waals surface area contributed by atoms with Crippen molar-refractivity contribution in [2.75, 3.05) is 7.05 Å². The summed E-state index contributed by atoms with van der Waals surface area (Å²) >= 11 is 20.3. The van der Waals surface area contributed by atoms with Gasteiger partial charge in [-0.3, -0.25) is 29.3 Å². The van der Waals surface area contributed by atoms with Crippen molar-refractivity contribution >= 4 is 58.4 Å². The largest absolute Gasteiger partial charge is 0.508 e. The number of allylic oxidation sites excluding steroid dienone is 2. The van der Waals surface area contributed by atoms with Gasteiger partial charge >= 0.3 is 0 Å². The molecule has 4 amide bonds. The number of phenolic OH excluding ortho intramolecular Hbond substituents is 1. The SMILES string of the molecule is CN1C(=O)C2(Cl)CC3C(=CCC4C(=O)N(O)C(=O)C43)C(c3ccc(O)cc3Cl)C2(Cl)C1=O. The van der Waals surface area contributed by atoms with E-state index in [1.807, 2.05) is 0 Å². The summed E-state index contributed by atoms with van der Waals surface area (Å²) < 4.78 is 0. The van der Waals surface area contributed by atoms with E-state index in [0.717, 1.165) is 4.90 Å². The van der Waals surface area contributed by atoms with Gasteiger partial charge in [0.05, 0.1) is 11.8 Å². The highest BCUT2D eigenvalue weighted by molar-refractivity contribution is 6.53. The van der Waals surface area contributed by atoms with Crippen molar-refractivity contribution in [2.45, 2.75) is 28.5 Å². The molecule has 6 unspecified atom stereocenters. The normalized spacial score (nSPS) is 38.6. The molecule has 3 fully saturated rings. The minimum atomic E-state index is -1.94. The molecule has 4 aliphatic rings. The smallest absolute Gasteiger partial charge is 0.257 e. The van der Waals surface area contributed by atoms with Crippen molar-refractivity contribution in [3.8, 4) is 5.75 Å². The molecule has 32 heavy (non-hydrogen) atoms. The van der Waals surface area contributed by atoms with Crippen LogP contribution in [0.25, 0.3) is 0 Å². The van der Waals surface area contributed by atoms with Crippen molar-refractivity contribution < 1.29 is 29.5 Å². The molecule has 1 aromatic carbocycles. The number of nitrogens with zero attached hydrogens (tertiary/aromatic N) is 2. The van der Waals surface area contributed by atoms with Gasteiger partial charge in [0.15, 0.2) is 9.75 Å². The third kappa shape index (κ3) is 2.38. The Morgan fingerprint density at radius 2 is 1.75 bits per heavy atom. The first-order valence-corrected chi connectivity index (χ1v) is 11.0. The number of fused-ring (bicyclic) bond motifs is 4. The van der Waals surface area contributed by atoms with Gasteiger partial charge in [0.1, 0.15) is 5.75 Å². The monoisotopic (exact) mass is 498 g/mol. The lowest BCUT2D eigenvalue weighted by atomic mass is 9.56. The van der Waals surface area contributed by atoms with Gasteiger partial charge in [-0.2, -0.15) is 5.06 Å². The molecular formula is C21H17Cl3N2O6. The third-order valence-corrected chi connectivity index (χ3v) is 9.03. The number of carbonyl (C=O) groups is 4. The summed E-state index contributed by atoms with van der Waals surface area (Å²) in [6.07, 6.45) is 1.70. The Balaban J connectivity index is 1.77. The molecule has 2 aliphatic carbocycles. The number of rotatable bonds is 1. The Kier molecular flexibility index (Phi) is 4.54. The Hall–Kier alpha value is -2.13. The number of phenols is 1. The van der Waals surface area contributed by atoms with Gasteiger partial charge in [0.25, 0.3) is 23.6 Å². The molecule has 168 valence electrons. The van der Waals surface area contributed by atoms with E-state index in [0.29, 0.717) is 11.1 Å². The molecule has 8 nitrogen and oxygen atoms in total. The molecule has 0 spiro atoms. The van der Waals surface area contributed by atoms with Gasteiger partial charge in [-0.15, -0.1) is 23.2 Å². The van der Waals surface area contributed by atoms with E-state index in [9.17, 15) is 29.5 Å². The second kappa shape index (κ2) is 6.70. The minimum absolute atomic E-state index is 0.102. The molecule has 1 saturated carbocycles. The average molecular weight is 500 g/mol. The van der Waals surface area contributed by atoms with Crippen molar-refractivity contribution in [2.24, 2.45) is 17.8 Å². The van der Waals surface area contributed by atoms with Crippen LogP contribution in [0.2, 0.25) is 5.02 Å². The van der Waals surface area contributed by atoms with Crippen LogP contribution in [0.15, 0.2) is 29.8 Å². The number of aromatic hydroxyl groups is 1. The Morgan fingerprint density at radius 3 is 2.41 bits per heavy atom. The predicted octanol–water partition coefficient (Wildman–Crippen LogP) is 2.42. The molecule has 5 rings (SSSR count). The lowest BCUT2D eigenvalue weighted by molar-refractivity contribution is -0.173. The summed E-state index contributed by atoms with van der Waals surface area (Å²) in [6, 6.07) is 4.15. The van der Waals surface area contributed by atoms with Crippen molar-refractivity contribution in [1.82, 2.24) is 9.96 Å². The lowest BCUT2D eigenvalue weighted by Crippen LogP contribution is -2.60. The van der Waals surface area contributed by atoms with E-state index in [1.165, 1.54) is 25.2 Å². The molecule has 2 saturated heterocycles. The van der Waals surface area contributed by atoms with E-state index in [1.54, 1.807) is 6.08 Å². The number of benzene rings is 1. The first kappa shape index (κ1) is 21.7. The van der Waals surface area contributed by atoms with Crippen LogP contribution in [0.4, 0.5) is 0 Å². The summed E-state index contributed by atoms with van der Waals surface area (Å²) in [5.74, 6) is -6.50. The number of likely N-dealkylation sites (tertiary alicyclic amines) is 1. The van der Waals surface area contributed by atoms with Gasteiger partial charge in [-0.1, -0.05) is 29.3 Å². The van der Waals surface area contributed by atoms with E-state index >= 15 is 0 Å². The van der Waals surface area contributed by atoms with E-state index in [2.05, 4.69) is 0 Å². The summed E-state index contributed by atoms with van der Waals surface area (Å²) in [5.41, 5.74) is 0.908. The minimum Gasteiger partial charge on any atom is -0.508 e. The van der Waals surface area contributed by atoms with Crippen LogP contribution >= 0.6 is 34.8 Å². The molecule has 1 aromatic rings. The average Bonchev–Trinajstić information content (AvgIpc) is 3.04. The first-order chi connectivity index (χ1) is 14.9. The van der Waals surface area contributed by atoms with Crippen LogP contribution in [0.1, 0.15) is 24.3 Å². The maximum atomic E-state index is 13.3. The fraction of sp³-hybridized carbons (Fsp3) is 0.429. The molecule has 6 atom stereocenters. The molecule has 0 bridgehead atoms. The van der Waals surface area contributed by atoms with Gasteiger partial charge < -0.3 is 5.11 Å². The zero-order valence-corrected chi connectivity index (χ0v) is 18.9. The zero-order valence-electron chi connectivity index (χ0n) is 16.6. The van der Waals surface area contributed by atoms with Crippen molar-refractivity contribution in [1.29, 1.82) is 0 Å². The van der Waals surface area contributed by atoms with Gasteiger partial charge in [0, 0.05) is 18.0 Å². The maximum Gasteiger partial charge on any atom is 0.257 e. The quantitative estimate of drug-likeness (QED) is 0.265. The number of carbonyl (C=O) groups excluding carboxylic acids is 4. The lowest BCUT2D eigenvalue weighted by Gasteiger charge is -2.50. The first-order valence-electron chi connectivity index (χ1n) is 9.90. The number of amides is 4. The van der Waals surface area contributed by atoms with Crippen LogP contribution < -0.4 is 0 Å². The predicted molar refractivity (Wildman–Crippen MR) is 112 cm³/mol. The van der Waals surface area contributed by atoms with Crippen LogP contribution in [0.3, 0.4) is 0 Å². The van der Waals surface area contributed by atoms with Crippen molar-refractivity contribution in [3.05, 3.63) is 40.4 Å². The van der Waals surface area contributed by atoms with Crippen molar-refractivity contribution in [3.63, 3.8) is 0 Å². The molecule has 2 N–H and O–H groups in total. The maximum absolute atomic E-state index is 13.3. The second-order valence-electron chi connectivity index (χ2n) is 8.69. The van der Waals surface area contributed by atoms with Crippen LogP contribution in [0.5, 0.6) is 5.75 Å². The van der Waals surface area contributed by atoms with Gasteiger partial charge in [-0.05, 0) is 36.5 Å². The van der Waals surface area contributed by atoms with E-state index in [-0.39, 0.29) is 28.7 Å². The molecule has 0 aromatic heterocycles. The topological polar surface area (TPSA) is 115 Å². The fourth-order valence-electron chi connectivity index (χ4n) is 5.82. The van der Waals surface area contributed by atoms with Crippen LogP contribution in [-0.4, -0.2) is 60.7 Å². The fourth-order valence-corrected chi connectivity index (χ4v) is 7.12. The summed E-state index contributed by atoms with van der Waals surface area (Å²) in [5, 5.41) is 20.0. The van der Waals surface area contributed by atoms with E-state index in [4.69, 9.17) is 34.8 Å². The number of hydrogen-bond acceptors (Lipinski definition) is 6. The Labute approximate surface area is 197 Å². The third-order valence-electron chi connectivity index (χ3n) is 7.29. The molecule has 2 heterocycles. The number of hydroxylamine groups is 2. The van der Waals surface area contributed by atoms with Crippen LogP contribution in [0, 0.1) is 17.8 Å². The number of halogens is 3. The number of hydrogen-bond donors (Lipinski definition) is 2. The van der Waals surface area contributed by atoms with Gasteiger partial charge in [-0.25, -0.2) is 0 Å². The standard InChI is InChI=1S/C21H17Cl3N2O6/c1-25-18(30)20(23)7-12-9(4-5-11-14(12)17(29)26(32)16(11)28)15(21(20,24)19(25)31)10-3-2-8(27)6-13(10)22/h2-4,6,11-12,14-15,27,32H,5,7H2,1H3.